The lowest BCUT2D eigenvalue weighted by Gasteiger charge is -2.19. The molecule has 2 heterocycles. The van der Waals surface area contributed by atoms with E-state index in [-0.39, 0.29) is 18.1 Å². The van der Waals surface area contributed by atoms with Gasteiger partial charge in [0.1, 0.15) is 35.0 Å². The van der Waals surface area contributed by atoms with Gasteiger partial charge >= 0.3 is 0 Å². The largest absolute Gasteiger partial charge is 0.486 e. The van der Waals surface area contributed by atoms with Gasteiger partial charge in [0.25, 0.3) is 0 Å². The Hall–Kier alpha value is -3.23. The van der Waals surface area contributed by atoms with E-state index in [9.17, 15) is 9.18 Å². The normalized spacial score (nSPS) is 11.8. The molecule has 0 bridgehead atoms. The monoisotopic (exact) mass is 470 g/mol. The van der Waals surface area contributed by atoms with E-state index in [1.54, 1.807) is 53.4 Å². The van der Waals surface area contributed by atoms with Gasteiger partial charge in [0.2, 0.25) is 5.91 Å². The molecule has 1 unspecified atom stereocenters. The van der Waals surface area contributed by atoms with Crippen LogP contribution in [0.4, 0.5) is 4.39 Å². The van der Waals surface area contributed by atoms with Crippen LogP contribution in [0.3, 0.4) is 0 Å². The lowest BCUT2D eigenvalue weighted by atomic mass is 10.1. The van der Waals surface area contributed by atoms with Gasteiger partial charge in [-0.2, -0.15) is 0 Å². The summed E-state index contributed by atoms with van der Waals surface area (Å²) in [4.78, 5) is 21.6. The number of thiazole rings is 1. The summed E-state index contributed by atoms with van der Waals surface area (Å²) in [5, 5.41) is 6.19. The number of nitrogens with zero attached hydrogens (tertiary/aromatic N) is 3. The molecule has 0 saturated carbocycles. The summed E-state index contributed by atoms with van der Waals surface area (Å²) in [6.07, 6.45) is 3.51. The molecular weight excluding hydrogens is 451 g/mol. The van der Waals surface area contributed by atoms with E-state index in [1.807, 2.05) is 12.4 Å². The summed E-state index contributed by atoms with van der Waals surface area (Å²) in [6.45, 7) is 0.299. The van der Waals surface area contributed by atoms with Gasteiger partial charge in [0, 0.05) is 29.8 Å². The first-order chi connectivity index (χ1) is 15.5. The highest BCUT2D eigenvalue weighted by Crippen LogP contribution is 2.22. The average molecular weight is 471 g/mol. The van der Waals surface area contributed by atoms with Crippen LogP contribution in [-0.4, -0.2) is 20.4 Å². The quantitative estimate of drug-likeness (QED) is 0.405. The minimum absolute atomic E-state index is 0.0910. The number of carbonyl (C=O) groups is 1. The maximum atomic E-state index is 13.8. The molecule has 0 aliphatic rings. The number of halogens is 2. The van der Waals surface area contributed by atoms with Gasteiger partial charge < -0.3 is 14.6 Å². The number of nitrogens with one attached hydrogen (secondary N) is 1. The zero-order valence-corrected chi connectivity index (χ0v) is 18.7. The predicted octanol–water partition coefficient (Wildman–Crippen LogP) is 4.70. The van der Waals surface area contributed by atoms with Crippen LogP contribution in [0.15, 0.2) is 66.3 Å². The summed E-state index contributed by atoms with van der Waals surface area (Å²) >= 11 is 7.30. The second-order valence-corrected chi connectivity index (χ2v) is 8.48. The number of hydrogen-bond acceptors (Lipinski definition) is 5. The number of rotatable bonds is 8. The minimum Gasteiger partial charge on any atom is -0.486 e. The zero-order chi connectivity index (χ0) is 22.5. The third-order valence-electron chi connectivity index (χ3n) is 4.72. The van der Waals surface area contributed by atoms with Crippen LogP contribution in [0.25, 0.3) is 0 Å². The molecule has 4 rings (SSSR count). The van der Waals surface area contributed by atoms with Crippen LogP contribution in [-0.2, 0) is 24.9 Å². The Morgan fingerprint density at radius 1 is 1.28 bits per heavy atom. The van der Waals surface area contributed by atoms with E-state index in [1.165, 1.54) is 23.5 Å². The second-order valence-electron chi connectivity index (χ2n) is 7.10. The molecule has 9 heteroatoms. The Balaban J connectivity index is 1.41. The highest BCUT2D eigenvalue weighted by molar-refractivity contribution is 7.09. The highest BCUT2D eigenvalue weighted by atomic mass is 35.5. The smallest absolute Gasteiger partial charge is 0.226 e. The number of imidazole rings is 1. The Bertz CT molecular complexity index is 1210. The van der Waals surface area contributed by atoms with E-state index in [0.29, 0.717) is 34.5 Å². The van der Waals surface area contributed by atoms with Crippen molar-refractivity contribution in [2.75, 3.05) is 0 Å². The zero-order valence-electron chi connectivity index (χ0n) is 17.2. The van der Waals surface area contributed by atoms with E-state index in [4.69, 9.17) is 16.3 Å². The van der Waals surface area contributed by atoms with Gasteiger partial charge in [-0.1, -0.05) is 23.7 Å². The maximum Gasteiger partial charge on any atom is 0.226 e. The molecular formula is C23H20ClFN4O2S. The molecule has 0 radical (unpaired) electrons. The highest BCUT2D eigenvalue weighted by Gasteiger charge is 2.22. The summed E-state index contributed by atoms with van der Waals surface area (Å²) in [6, 6.07) is 12.6. The SMILES string of the molecule is Cn1ccnc1C(NC(=O)Cc1csc(COc2ccc(Cl)cc2)n1)c1cccc(F)c1. The van der Waals surface area contributed by atoms with Crippen molar-refractivity contribution in [3.63, 3.8) is 0 Å². The number of ether oxygens (including phenoxy) is 1. The fourth-order valence-electron chi connectivity index (χ4n) is 3.19. The van der Waals surface area contributed by atoms with Crippen molar-refractivity contribution < 1.29 is 13.9 Å². The van der Waals surface area contributed by atoms with Crippen molar-refractivity contribution in [3.05, 3.63) is 99.2 Å². The first-order valence-electron chi connectivity index (χ1n) is 9.81. The summed E-state index contributed by atoms with van der Waals surface area (Å²) in [5.74, 6) is 0.690. The van der Waals surface area contributed by atoms with E-state index < -0.39 is 6.04 Å². The first kappa shape index (κ1) is 22.0. The minimum atomic E-state index is -0.579. The van der Waals surface area contributed by atoms with Crippen molar-refractivity contribution >= 4 is 28.8 Å². The molecule has 0 saturated heterocycles. The molecule has 1 amide bonds. The fraction of sp³-hybridized carbons (Fsp3) is 0.174. The predicted molar refractivity (Wildman–Crippen MR) is 121 cm³/mol. The summed E-state index contributed by atoms with van der Waals surface area (Å²) in [5.41, 5.74) is 1.25. The van der Waals surface area contributed by atoms with Gasteiger partial charge in [0.05, 0.1) is 12.1 Å². The molecule has 0 aliphatic heterocycles. The Morgan fingerprint density at radius 2 is 2.09 bits per heavy atom. The van der Waals surface area contributed by atoms with Crippen molar-refractivity contribution in [2.24, 2.45) is 7.05 Å². The van der Waals surface area contributed by atoms with Crippen molar-refractivity contribution in [1.82, 2.24) is 19.9 Å². The Kier molecular flexibility index (Phi) is 6.82. The number of aromatic nitrogens is 3. The average Bonchev–Trinajstić information content (AvgIpc) is 3.40. The van der Waals surface area contributed by atoms with E-state index in [2.05, 4.69) is 15.3 Å². The number of benzene rings is 2. The number of hydrogen-bond donors (Lipinski definition) is 1. The van der Waals surface area contributed by atoms with Crippen LogP contribution in [0.5, 0.6) is 5.75 Å². The molecule has 0 fully saturated rings. The van der Waals surface area contributed by atoms with Crippen molar-refractivity contribution in [3.8, 4) is 5.75 Å². The standard InChI is InChI=1S/C23H20ClFN4O2S/c1-29-10-9-26-23(29)22(15-3-2-4-17(25)11-15)28-20(30)12-18-14-32-21(27-18)13-31-19-7-5-16(24)6-8-19/h2-11,14,22H,12-13H2,1H3,(H,28,30). The molecule has 6 nitrogen and oxygen atoms in total. The van der Waals surface area contributed by atoms with E-state index in [0.717, 1.165) is 5.01 Å². The van der Waals surface area contributed by atoms with Crippen LogP contribution in [0.1, 0.15) is 28.1 Å². The van der Waals surface area contributed by atoms with Gasteiger partial charge in [-0.15, -0.1) is 11.3 Å². The second kappa shape index (κ2) is 9.93. The third kappa shape index (κ3) is 5.52. The third-order valence-corrected chi connectivity index (χ3v) is 5.84. The number of aryl methyl sites for hydroxylation is 1. The molecule has 2 aromatic heterocycles. The topological polar surface area (TPSA) is 69.0 Å². The van der Waals surface area contributed by atoms with Crippen LogP contribution < -0.4 is 10.1 Å². The summed E-state index contributed by atoms with van der Waals surface area (Å²) in [7, 11) is 1.83. The van der Waals surface area contributed by atoms with Gasteiger partial charge in [-0.05, 0) is 42.0 Å². The van der Waals surface area contributed by atoms with Crippen LogP contribution >= 0.6 is 22.9 Å². The van der Waals surface area contributed by atoms with Crippen LogP contribution in [0.2, 0.25) is 5.02 Å². The molecule has 1 N–H and O–H groups in total. The molecule has 164 valence electrons. The van der Waals surface area contributed by atoms with Crippen LogP contribution in [0, 0.1) is 5.82 Å². The van der Waals surface area contributed by atoms with E-state index >= 15 is 0 Å². The molecule has 0 spiro atoms. The molecule has 4 aromatic rings. The molecule has 32 heavy (non-hydrogen) atoms. The molecule has 1 atom stereocenters. The maximum absolute atomic E-state index is 13.8. The first-order valence-corrected chi connectivity index (χ1v) is 11.1. The Morgan fingerprint density at radius 3 is 2.81 bits per heavy atom. The van der Waals surface area contributed by atoms with Gasteiger partial charge in [-0.25, -0.2) is 14.4 Å². The fourth-order valence-corrected chi connectivity index (χ4v) is 4.02. The number of carbonyl (C=O) groups excluding carboxylic acids is 1. The lowest BCUT2D eigenvalue weighted by molar-refractivity contribution is -0.121. The summed E-state index contributed by atoms with van der Waals surface area (Å²) < 4.78 is 21.3. The van der Waals surface area contributed by atoms with Crippen molar-refractivity contribution in [2.45, 2.75) is 19.1 Å². The molecule has 2 aromatic carbocycles. The Labute approximate surface area is 193 Å². The molecule has 0 aliphatic carbocycles. The lowest BCUT2D eigenvalue weighted by Crippen LogP contribution is -2.32. The van der Waals surface area contributed by atoms with Crippen molar-refractivity contribution in [1.29, 1.82) is 0 Å². The van der Waals surface area contributed by atoms with Gasteiger partial charge in [-0.3, -0.25) is 4.79 Å². The number of amides is 1. The van der Waals surface area contributed by atoms with Gasteiger partial charge in [0.15, 0.2) is 0 Å².